The van der Waals surface area contributed by atoms with Gasteiger partial charge in [0.2, 0.25) is 0 Å². The molecule has 0 aromatic carbocycles. The molecule has 0 saturated heterocycles. The maximum absolute atomic E-state index is 12.0. The maximum Gasteiger partial charge on any atom is 1.00 e. The van der Waals surface area contributed by atoms with Gasteiger partial charge in [-0.05, 0) is 233 Å². The predicted molar refractivity (Wildman–Crippen MR) is 506 cm³/mol. The minimum Gasteiger partial charge on any atom is -0.693 e. The normalized spacial score (nSPS) is 10.4. The predicted octanol–water partition coefficient (Wildman–Crippen LogP) is 10.8. The fourth-order valence-corrected chi connectivity index (χ4v) is 14.0. The summed E-state index contributed by atoms with van der Waals surface area (Å²) >= 11 is 26.3. The summed E-state index contributed by atoms with van der Waals surface area (Å²) in [6.07, 6.45) is -1.84. The van der Waals surface area contributed by atoms with E-state index in [9.17, 15) is 47.9 Å². The quantitative estimate of drug-likeness (QED) is 0.0147. The number of nitrogens with zero attached hydrogens (tertiary/aromatic N) is 20. The number of primary amides is 1. The number of nitriles is 1. The number of carbonyl (C=O) groups excluding carboxylic acids is 9. The monoisotopic (exact) mass is 2290 g/mol. The van der Waals surface area contributed by atoms with Gasteiger partial charge in [0.1, 0.15) is 39.9 Å². The van der Waals surface area contributed by atoms with Crippen molar-refractivity contribution in [2.75, 3.05) is 68.7 Å². The largest absolute Gasteiger partial charge is 1.00 e. The van der Waals surface area contributed by atoms with Gasteiger partial charge in [0.15, 0.2) is 28.5 Å². The SMILES string of the molecule is CCOC(=O)c1c(Br)c(CBr)nn1C.CCOC(=O)c1c(Br)c(CN(C)C(=O)OC(C)(C)C)nn1C.CCOC(=O)c1c(Br)c(CNC)nn1C.CCOC(=O)c1cc(C)nn1C.CN.CN(Cc1nn(C)c(C#N)c1Br)C(=O)OC(C)(C)C.CN(Cc1nn(C)c(C(=O)O)c1Br)C(=O)OC(C)(C)C.CN(Cc1nn(C)c(C(N)=O)c1Br)C(=O)OC(C)(C)C.[B]=NS.[NH2-].[Na+]. The van der Waals surface area contributed by atoms with Crippen LogP contribution in [-0.2, 0) is 125 Å². The van der Waals surface area contributed by atoms with Gasteiger partial charge in [-0.1, -0.05) is 15.9 Å². The van der Waals surface area contributed by atoms with Gasteiger partial charge in [0.05, 0.1) is 119 Å². The van der Waals surface area contributed by atoms with E-state index in [0.717, 1.165) is 17.1 Å². The molecule has 0 spiro atoms. The molecule has 5 amide bonds. The van der Waals surface area contributed by atoms with Crippen LogP contribution in [0.15, 0.2) is 37.2 Å². The number of rotatable bonds is 21. The molecule has 0 bridgehead atoms. The summed E-state index contributed by atoms with van der Waals surface area (Å²) in [6, 6.07) is 3.75. The number of nitrogens with one attached hydrogen (secondary N) is 1. The van der Waals surface area contributed by atoms with Crippen LogP contribution in [0.5, 0.6) is 0 Å². The number of hydrogen-bond donors (Lipinski definition) is 5. The van der Waals surface area contributed by atoms with Crippen LogP contribution in [0.4, 0.5) is 19.2 Å². The van der Waals surface area contributed by atoms with Gasteiger partial charge in [-0.3, -0.25) is 37.6 Å². The number of carboxylic acids is 1. The second kappa shape index (κ2) is 60.5. The molecule has 0 aliphatic carbocycles. The number of ether oxygens (including phenoxy) is 8. The molecule has 0 saturated carbocycles. The van der Waals surface area contributed by atoms with Crippen LogP contribution in [0.1, 0.15) is 219 Å². The summed E-state index contributed by atoms with van der Waals surface area (Å²) < 4.78 is 56.8. The number of aromatic carboxylic acids is 1. The van der Waals surface area contributed by atoms with Gasteiger partial charge in [0.25, 0.3) is 5.91 Å². The van der Waals surface area contributed by atoms with E-state index in [1.807, 2.05) is 40.8 Å². The van der Waals surface area contributed by atoms with Crippen molar-refractivity contribution in [3.05, 3.63) is 119 Å². The van der Waals surface area contributed by atoms with Crippen LogP contribution >= 0.6 is 124 Å². The van der Waals surface area contributed by atoms with Crippen molar-refractivity contribution in [3.63, 3.8) is 0 Å². The summed E-state index contributed by atoms with van der Waals surface area (Å²) in [7, 11) is 25.7. The summed E-state index contributed by atoms with van der Waals surface area (Å²) in [6.45, 7) is 33.3. The second-order valence-electron chi connectivity index (χ2n) is 30.0. The number of carboxylic acid groups (broad SMARTS) is 1. The number of nitrogens with two attached hydrogens (primary N) is 3. The molecular formula is C76H120BBr7N24NaO19S. The van der Waals surface area contributed by atoms with Crippen LogP contribution in [0.25, 0.3) is 6.15 Å². The number of carbonyl (C=O) groups is 10. The summed E-state index contributed by atoms with van der Waals surface area (Å²) in [4.78, 5) is 122. The van der Waals surface area contributed by atoms with Gasteiger partial charge >= 0.3 is 109 Å². The Bertz CT molecular complexity index is 4790. The van der Waals surface area contributed by atoms with Gasteiger partial charge in [-0.25, -0.2) is 43.2 Å². The molecule has 1 radical (unpaired) electrons. The Kier molecular flexibility index (Phi) is 59.8. The Morgan fingerprint density at radius 2 is 0.721 bits per heavy atom. The molecule has 7 aromatic heterocycles. The molecule has 7 rings (SSSR count). The van der Waals surface area contributed by atoms with E-state index in [-0.39, 0.29) is 97.8 Å². The number of halogens is 7. The molecule has 0 aliphatic rings. The van der Waals surface area contributed by atoms with Crippen molar-refractivity contribution in [2.45, 2.75) is 178 Å². The Labute approximate surface area is 840 Å². The van der Waals surface area contributed by atoms with Crippen molar-refractivity contribution in [1.82, 2.24) is 93.4 Å². The summed E-state index contributed by atoms with van der Waals surface area (Å²) in [5, 5.41) is 50.7. The number of thiol groups is 1. The molecular weight excluding hydrogens is 2180 g/mol. The number of amides is 5. The van der Waals surface area contributed by atoms with Crippen LogP contribution in [0, 0.1) is 18.3 Å². The molecule has 0 fully saturated rings. The molecule has 0 aliphatic heterocycles. The van der Waals surface area contributed by atoms with Crippen LogP contribution in [-0.4, -0.2) is 252 Å². The molecule has 8 N–H and O–H groups in total. The first-order valence-corrected chi connectivity index (χ1v) is 44.3. The van der Waals surface area contributed by atoms with E-state index in [0.29, 0.717) is 110 Å². The van der Waals surface area contributed by atoms with Crippen molar-refractivity contribution in [1.29, 1.82) is 5.26 Å². The summed E-state index contributed by atoms with van der Waals surface area (Å²) in [5.41, 5.74) is 14.5. The molecule has 7 aromatic rings. The zero-order valence-corrected chi connectivity index (χ0v) is 92.8. The van der Waals surface area contributed by atoms with Crippen molar-refractivity contribution in [3.8, 4) is 6.07 Å². The Morgan fingerprint density at radius 3 is 0.953 bits per heavy atom. The van der Waals surface area contributed by atoms with Gasteiger partial charge in [-0.2, -0.15) is 41.0 Å². The third kappa shape index (κ3) is 44.1. The number of esters is 4. The fraction of sp³-hybridized carbons (Fsp3) is 0.579. The van der Waals surface area contributed by atoms with E-state index < -0.39 is 64.6 Å². The second-order valence-corrected chi connectivity index (χ2v) is 35.5. The first-order chi connectivity index (χ1) is 58.6. The Morgan fingerprint density at radius 1 is 0.473 bits per heavy atom. The number of hydrogen-bond acceptors (Lipinski definition) is 30. The average Bonchev–Trinajstić information content (AvgIpc) is 1.66. The maximum atomic E-state index is 12.0. The van der Waals surface area contributed by atoms with Crippen molar-refractivity contribution in [2.24, 2.45) is 65.1 Å². The van der Waals surface area contributed by atoms with Gasteiger partial charge in [0, 0.05) is 89.4 Å². The number of aryl methyl sites for hydroxylation is 8. The number of alkyl halides is 1. The van der Waals surface area contributed by atoms with Crippen molar-refractivity contribution >= 4 is 192 Å². The zero-order chi connectivity index (χ0) is 99.2. The first-order valence-electron chi connectivity index (χ1n) is 38.1. The third-order valence-corrected chi connectivity index (χ3v) is 20.1. The van der Waals surface area contributed by atoms with Gasteiger partial charge in [-0.15, -0.1) is 0 Å². The molecule has 7 heterocycles. The van der Waals surface area contributed by atoms with E-state index >= 15 is 0 Å². The smallest absolute Gasteiger partial charge is 0.693 e. The average molecular weight is 2300 g/mol. The van der Waals surface area contributed by atoms with Crippen molar-refractivity contribution < 1.29 is 121 Å². The Balaban J connectivity index is -0.000000703. The molecule has 129 heavy (non-hydrogen) atoms. The van der Waals surface area contributed by atoms with E-state index in [1.165, 1.54) is 66.5 Å². The first kappa shape index (κ1) is 128. The topological polar surface area (TPSA) is 536 Å². The van der Waals surface area contributed by atoms with E-state index in [4.69, 9.17) is 54.0 Å². The third-order valence-electron chi connectivity index (χ3n) is 14.6. The molecule has 0 atom stereocenters. The zero-order valence-electron chi connectivity index (χ0n) is 78.8. The van der Waals surface area contributed by atoms with E-state index in [1.54, 1.807) is 167 Å². The molecule has 0 unspecified atom stereocenters. The van der Waals surface area contributed by atoms with Crippen LogP contribution < -0.4 is 46.3 Å². The van der Waals surface area contributed by atoms with Gasteiger partial charge < -0.3 is 85.5 Å². The van der Waals surface area contributed by atoms with Crippen LogP contribution in [0.3, 0.4) is 0 Å². The molecule has 53 heteroatoms. The van der Waals surface area contributed by atoms with Crippen LogP contribution in [0.2, 0.25) is 0 Å². The summed E-state index contributed by atoms with van der Waals surface area (Å²) in [5.74, 6) is -3.17. The van der Waals surface area contributed by atoms with E-state index in [2.05, 4.69) is 183 Å². The minimum absolute atomic E-state index is 0. The Hall–Kier alpha value is -7.69. The number of aromatic nitrogens is 14. The minimum atomic E-state index is -1.09. The molecule has 717 valence electrons. The standard InChI is InChI=1S/C14H22BrN3O4.C12H19BrN4O3.C12H17BrN4O2.C12H18BrN3O4.C9H14BrN3O2.C8H10Br2N2O2.C8H12N2O2.CH5N.BHNS.H2N.Na/c1-7-21-12(19)11-10(15)9(16-18(11)6)8-17(5)13(20)22-14(2,3)4;1-12(2,3)20-11(19)16(4)6-7-8(13)9(10(14)18)17(5)15-7;1-12(2,3)19-11(18)16(4)7-8-10(13)9(6-14)17(5)15-8;1-12(2,3)20-11(19)15(4)6-7-8(13)9(10(17)18)16(5)14-7;1-4-15-9(14)8-7(10)6(5-11-2)12-13(8)3;1-3-14-8(13)7-6(10)5(4-9)11-12(7)2;1-4-12-8(11)7-5-6(2)9-10(7)3;1-2;1-2-3;;/h7-8H2,1-6H3;6H2,1-5H3,(H2,14,18);7H2,1-5H3;6H2,1-5H3,(H,17,18);11H,4-5H2,1-3H3;3-4H2,1-2H3;5H,4H2,1-3H3;2H2,1H3;3H;1H2;/q;;;;;;;;;-1;+1. The fourth-order valence-electron chi connectivity index (χ4n) is 9.50. The molecule has 43 nitrogen and oxygen atoms in total.